The van der Waals surface area contributed by atoms with Gasteiger partial charge >= 0.3 is 31.3 Å². The van der Waals surface area contributed by atoms with E-state index in [2.05, 4.69) is 21.0 Å². The van der Waals surface area contributed by atoms with Gasteiger partial charge in [0.1, 0.15) is 29.0 Å². The average Bonchev–Trinajstić information content (AvgIpc) is 2.84. The van der Waals surface area contributed by atoms with Gasteiger partial charge in [0.05, 0.1) is 13.2 Å². The van der Waals surface area contributed by atoms with Crippen LogP contribution in [-0.4, -0.2) is 69.4 Å². The minimum Gasteiger partial charge on any atom is -0.497 e. The zero-order valence-corrected chi connectivity index (χ0v) is 22.7. The summed E-state index contributed by atoms with van der Waals surface area (Å²) < 4.78 is 147. The molecule has 0 saturated carbocycles. The van der Waals surface area contributed by atoms with Gasteiger partial charge in [-0.15, -0.1) is 12.6 Å². The van der Waals surface area contributed by atoms with Crippen LogP contribution in [-0.2, 0) is 46.2 Å². The first-order valence-corrected chi connectivity index (χ1v) is 14.4. The van der Waals surface area contributed by atoms with E-state index < -0.39 is 73.4 Å². The van der Waals surface area contributed by atoms with Crippen LogP contribution in [0, 0.1) is 0 Å². The smallest absolute Gasteiger partial charge is 0.497 e. The molecule has 2 aromatic carbocycles. The number of alkyl halides is 6. The number of hydrogen-bond donors (Lipinski definition) is 2. The zero-order chi connectivity index (χ0) is 30.1. The summed E-state index contributed by atoms with van der Waals surface area (Å²) in [6, 6.07) is 12.7. The molecule has 0 radical (unpaired) electrons. The Morgan fingerprint density at radius 3 is 1.90 bits per heavy atom. The Kier molecular flexibility index (Phi) is 9.45. The van der Waals surface area contributed by atoms with Crippen LogP contribution < -0.4 is 4.74 Å². The van der Waals surface area contributed by atoms with Gasteiger partial charge in [-0.05, 0) is 23.3 Å². The van der Waals surface area contributed by atoms with E-state index in [-0.39, 0.29) is 11.1 Å². The van der Waals surface area contributed by atoms with E-state index in [0.29, 0.717) is 5.75 Å². The molecule has 0 aromatic heterocycles. The van der Waals surface area contributed by atoms with Gasteiger partial charge in [-0.2, -0.15) is 43.2 Å². The molecule has 9 nitrogen and oxygen atoms in total. The third kappa shape index (κ3) is 7.03. The second-order valence-corrected chi connectivity index (χ2v) is 12.2. The van der Waals surface area contributed by atoms with Crippen molar-refractivity contribution >= 4 is 32.9 Å². The molecule has 1 saturated heterocycles. The maximum Gasteiger partial charge on any atom is 0.523 e. The molecule has 1 aliphatic rings. The van der Waals surface area contributed by atoms with Gasteiger partial charge in [0.25, 0.3) is 0 Å². The monoisotopic (exact) mass is 640 g/mol. The predicted octanol–water partition coefficient (Wildman–Crippen LogP) is 3.34. The highest BCUT2D eigenvalue weighted by Gasteiger charge is 2.63. The molecule has 1 heterocycles. The highest BCUT2D eigenvalue weighted by molar-refractivity contribution is 7.88. The van der Waals surface area contributed by atoms with Gasteiger partial charge < -0.3 is 14.6 Å². The van der Waals surface area contributed by atoms with Gasteiger partial charge in [0, 0.05) is 12.8 Å². The van der Waals surface area contributed by atoms with Gasteiger partial charge in [-0.3, -0.25) is 8.37 Å². The minimum absolute atomic E-state index is 0.0860. The number of benzene rings is 2. The molecule has 1 fully saturated rings. The first-order chi connectivity index (χ1) is 18.3. The molecule has 0 aliphatic carbocycles. The van der Waals surface area contributed by atoms with Crippen LogP contribution >= 0.6 is 12.6 Å². The van der Waals surface area contributed by atoms with Crippen molar-refractivity contribution in [1.82, 2.24) is 0 Å². The third-order valence-electron chi connectivity index (χ3n) is 5.85. The summed E-state index contributed by atoms with van der Waals surface area (Å²) >= 11 is 4.05. The number of aliphatic hydroxyl groups is 1. The molecule has 18 heteroatoms. The normalized spacial score (nSPS) is 26.4. The van der Waals surface area contributed by atoms with E-state index in [9.17, 15) is 48.3 Å². The molecular formula is C22H22F6O9S3. The lowest BCUT2D eigenvalue weighted by Crippen LogP contribution is -2.68. The summed E-state index contributed by atoms with van der Waals surface area (Å²) in [6.07, 6.45) is -8.89. The van der Waals surface area contributed by atoms with Crippen LogP contribution in [0.1, 0.15) is 11.1 Å². The van der Waals surface area contributed by atoms with Gasteiger partial charge in [-0.1, -0.05) is 42.5 Å². The molecular weight excluding hydrogens is 618 g/mol. The maximum absolute atomic E-state index is 13.3. The van der Waals surface area contributed by atoms with Crippen molar-refractivity contribution in [2.45, 2.75) is 53.2 Å². The van der Waals surface area contributed by atoms with Crippen LogP contribution in [0.25, 0.3) is 0 Å². The summed E-state index contributed by atoms with van der Waals surface area (Å²) in [5.41, 5.74) is -16.7. The first kappa shape index (κ1) is 32.4. The Balaban J connectivity index is 2.18. The summed E-state index contributed by atoms with van der Waals surface area (Å²) in [7, 11) is -11.9. The van der Waals surface area contributed by atoms with E-state index in [0.717, 1.165) is 0 Å². The molecule has 40 heavy (non-hydrogen) atoms. The molecule has 5 atom stereocenters. The number of thiol groups is 1. The second-order valence-electron chi connectivity index (χ2n) is 8.61. The molecule has 3 rings (SSSR count). The highest BCUT2D eigenvalue weighted by Crippen LogP contribution is 2.43. The fourth-order valence-electron chi connectivity index (χ4n) is 3.89. The van der Waals surface area contributed by atoms with E-state index in [4.69, 9.17) is 9.47 Å². The van der Waals surface area contributed by atoms with Crippen LogP contribution in [0.3, 0.4) is 0 Å². The largest absolute Gasteiger partial charge is 0.523 e. The first-order valence-electron chi connectivity index (χ1n) is 11.0. The highest BCUT2D eigenvalue weighted by atomic mass is 32.2. The third-order valence-corrected chi connectivity index (χ3v) is 8.49. The molecule has 1 N–H and O–H groups in total. The average molecular weight is 641 g/mol. The summed E-state index contributed by atoms with van der Waals surface area (Å²) in [4.78, 5) is 0. The number of hydrogen-bond acceptors (Lipinski definition) is 10. The number of rotatable bonds is 9. The van der Waals surface area contributed by atoms with E-state index >= 15 is 0 Å². The van der Waals surface area contributed by atoms with Crippen molar-refractivity contribution in [3.05, 3.63) is 65.7 Å². The predicted molar refractivity (Wildman–Crippen MR) is 129 cm³/mol. The van der Waals surface area contributed by atoms with Gasteiger partial charge in [-0.25, -0.2) is 0 Å². The Morgan fingerprint density at radius 2 is 1.40 bits per heavy atom. The van der Waals surface area contributed by atoms with Crippen LogP contribution in [0.15, 0.2) is 54.6 Å². The van der Waals surface area contributed by atoms with E-state index in [1.807, 2.05) is 0 Å². The topological polar surface area (TPSA) is 125 Å². The Hall–Kier alpha value is -2.09. The van der Waals surface area contributed by atoms with Gasteiger partial charge in [0.15, 0.2) is 0 Å². The van der Waals surface area contributed by atoms with Crippen molar-refractivity contribution in [2.75, 3.05) is 7.11 Å². The summed E-state index contributed by atoms with van der Waals surface area (Å²) in [5, 5.41) is 11.5. The van der Waals surface area contributed by atoms with Crippen LogP contribution in [0.2, 0.25) is 0 Å². The lowest BCUT2D eigenvalue weighted by Gasteiger charge is -2.49. The quantitative estimate of drug-likeness (QED) is 0.184. The van der Waals surface area contributed by atoms with Crippen LogP contribution in [0.5, 0.6) is 5.75 Å². The lowest BCUT2D eigenvalue weighted by molar-refractivity contribution is -0.232. The number of ether oxygens (including phenoxy) is 2. The molecule has 1 aliphatic heterocycles. The standard InChI is InChI=1S/C22H22F6O9S3/c1-34-15-9-7-14(8-10-15)12-20(29)18(37-40(32,33)22(26,27)28)17(36-39(30,31)21(23,24)25)16(35-19(20)38)11-13-5-3-2-4-6-13/h2-10,16-19,29,38H,11-12H2,1H3/t16-,17+,18+,19+,20-/m1/s1. The molecule has 0 unspecified atom stereocenters. The van der Waals surface area contributed by atoms with E-state index in [1.165, 1.54) is 55.6 Å². The minimum atomic E-state index is -6.64. The fourth-order valence-corrected chi connectivity index (χ4v) is 5.57. The van der Waals surface area contributed by atoms with Crippen molar-refractivity contribution < 1.29 is 66.1 Å². The number of halogens is 6. The fraction of sp³-hybridized carbons (Fsp3) is 0.455. The van der Waals surface area contributed by atoms with E-state index in [1.54, 1.807) is 6.07 Å². The van der Waals surface area contributed by atoms with Crippen molar-refractivity contribution in [2.24, 2.45) is 0 Å². The Morgan fingerprint density at radius 1 is 0.875 bits per heavy atom. The maximum atomic E-state index is 13.3. The van der Waals surface area contributed by atoms with Crippen LogP contribution in [0.4, 0.5) is 26.3 Å². The molecule has 2 aromatic rings. The van der Waals surface area contributed by atoms with Crippen molar-refractivity contribution in [3.63, 3.8) is 0 Å². The zero-order valence-electron chi connectivity index (χ0n) is 20.2. The molecule has 0 amide bonds. The SMILES string of the molecule is COc1ccc(C[C@]2(O)[C@H](S)O[C@H](Cc3ccccc3)[C@H](OS(=O)(=O)C(F)(F)F)[C@@H]2OS(=O)(=O)C(F)(F)F)cc1. The number of methoxy groups -OCH3 is 1. The Bertz CT molecular complexity index is 1370. The molecule has 0 spiro atoms. The second kappa shape index (κ2) is 11.7. The molecule has 0 bridgehead atoms. The lowest BCUT2D eigenvalue weighted by atomic mass is 9.81. The van der Waals surface area contributed by atoms with Gasteiger partial charge in [0.2, 0.25) is 0 Å². The van der Waals surface area contributed by atoms with Crippen molar-refractivity contribution in [1.29, 1.82) is 0 Å². The Labute approximate surface area is 230 Å². The summed E-state index contributed by atoms with van der Waals surface area (Å²) in [6.45, 7) is 0. The molecule has 224 valence electrons. The van der Waals surface area contributed by atoms with Crippen molar-refractivity contribution in [3.8, 4) is 5.75 Å². The summed E-state index contributed by atoms with van der Waals surface area (Å²) in [5.74, 6) is 0.311.